The third-order valence-corrected chi connectivity index (χ3v) is 5.54. The van der Waals surface area contributed by atoms with Gasteiger partial charge < -0.3 is 9.47 Å². The number of aliphatic imine (C=N–C) groups is 1. The standard InChI is InChI=1S/C17H18ClNO4S/c1-4-9-19-14-17(15(20)22-2,16(21)23-3)10-13(24-14)11-7-5-6-8-12(11)18/h4-8,13H,1,9-10H2,2-3H3. The predicted octanol–water partition coefficient (Wildman–Crippen LogP) is 3.43. The van der Waals surface area contributed by atoms with E-state index in [1.165, 1.54) is 26.0 Å². The van der Waals surface area contributed by atoms with Crippen molar-refractivity contribution in [1.82, 2.24) is 0 Å². The van der Waals surface area contributed by atoms with E-state index < -0.39 is 17.4 Å². The van der Waals surface area contributed by atoms with Gasteiger partial charge in [-0.1, -0.05) is 35.9 Å². The van der Waals surface area contributed by atoms with E-state index in [0.717, 1.165) is 5.56 Å². The number of hydrogen-bond donors (Lipinski definition) is 0. The van der Waals surface area contributed by atoms with E-state index in [1.807, 2.05) is 18.2 Å². The van der Waals surface area contributed by atoms with Gasteiger partial charge in [0.1, 0.15) is 0 Å². The van der Waals surface area contributed by atoms with Crippen LogP contribution in [0.1, 0.15) is 17.2 Å². The molecule has 7 heteroatoms. The zero-order chi connectivity index (χ0) is 17.7. The van der Waals surface area contributed by atoms with Crippen molar-refractivity contribution in [1.29, 1.82) is 0 Å². The molecule has 0 saturated carbocycles. The molecule has 1 fully saturated rings. The number of carbonyl (C=O) groups is 2. The Kier molecular flexibility index (Phi) is 6.07. The van der Waals surface area contributed by atoms with E-state index in [9.17, 15) is 9.59 Å². The van der Waals surface area contributed by atoms with E-state index in [1.54, 1.807) is 12.1 Å². The Morgan fingerprint density at radius 2 is 2.00 bits per heavy atom. The molecule has 2 rings (SSSR count). The number of hydrogen-bond acceptors (Lipinski definition) is 6. The molecule has 1 aliphatic heterocycles. The summed E-state index contributed by atoms with van der Waals surface area (Å²) in [7, 11) is 2.48. The van der Waals surface area contributed by atoms with Crippen molar-refractivity contribution < 1.29 is 19.1 Å². The molecule has 0 aromatic heterocycles. The minimum atomic E-state index is -1.57. The molecule has 1 saturated heterocycles. The highest BCUT2D eigenvalue weighted by Gasteiger charge is 2.59. The van der Waals surface area contributed by atoms with Crippen LogP contribution in [0.25, 0.3) is 0 Å². The molecule has 5 nitrogen and oxygen atoms in total. The Morgan fingerprint density at radius 1 is 1.38 bits per heavy atom. The topological polar surface area (TPSA) is 65.0 Å². The number of thioether (sulfide) groups is 1. The van der Waals surface area contributed by atoms with Crippen LogP contribution in [-0.2, 0) is 19.1 Å². The highest BCUT2D eigenvalue weighted by Crippen LogP contribution is 2.54. The highest BCUT2D eigenvalue weighted by molar-refractivity contribution is 8.14. The summed E-state index contributed by atoms with van der Waals surface area (Å²) in [5.41, 5.74) is -0.730. The van der Waals surface area contributed by atoms with Gasteiger partial charge in [-0.2, -0.15) is 0 Å². The fourth-order valence-corrected chi connectivity index (χ4v) is 4.51. The van der Waals surface area contributed by atoms with Crippen LogP contribution < -0.4 is 0 Å². The molecule has 128 valence electrons. The number of benzene rings is 1. The summed E-state index contributed by atoms with van der Waals surface area (Å²) in [6, 6.07) is 7.33. The van der Waals surface area contributed by atoms with Gasteiger partial charge >= 0.3 is 11.9 Å². The lowest BCUT2D eigenvalue weighted by Gasteiger charge is -2.23. The maximum absolute atomic E-state index is 12.5. The molecule has 24 heavy (non-hydrogen) atoms. The predicted molar refractivity (Wildman–Crippen MR) is 95.4 cm³/mol. The number of halogens is 1. The van der Waals surface area contributed by atoms with Gasteiger partial charge in [0.15, 0.2) is 0 Å². The highest BCUT2D eigenvalue weighted by atomic mass is 35.5. The van der Waals surface area contributed by atoms with Gasteiger partial charge in [0.2, 0.25) is 5.41 Å². The van der Waals surface area contributed by atoms with E-state index >= 15 is 0 Å². The average Bonchev–Trinajstić information content (AvgIpc) is 2.99. The van der Waals surface area contributed by atoms with E-state index in [0.29, 0.717) is 10.1 Å². The first-order chi connectivity index (χ1) is 11.5. The molecule has 0 amide bonds. The molecular formula is C17H18ClNO4S. The van der Waals surface area contributed by atoms with Crippen molar-refractivity contribution in [3.8, 4) is 0 Å². The monoisotopic (exact) mass is 367 g/mol. The number of nitrogens with zero attached hydrogens (tertiary/aromatic N) is 1. The lowest BCUT2D eigenvalue weighted by Crippen LogP contribution is -2.44. The minimum absolute atomic E-state index is 0.177. The zero-order valence-electron chi connectivity index (χ0n) is 13.5. The summed E-state index contributed by atoms with van der Waals surface area (Å²) >= 11 is 7.60. The lowest BCUT2D eigenvalue weighted by atomic mass is 9.83. The number of methoxy groups -OCH3 is 2. The van der Waals surface area contributed by atoms with Gasteiger partial charge in [0, 0.05) is 10.3 Å². The average molecular weight is 368 g/mol. The van der Waals surface area contributed by atoms with Crippen molar-refractivity contribution in [2.24, 2.45) is 10.4 Å². The Hall–Kier alpha value is -1.79. The van der Waals surface area contributed by atoms with Crippen molar-refractivity contribution in [3.05, 3.63) is 47.5 Å². The first-order valence-corrected chi connectivity index (χ1v) is 8.50. The van der Waals surface area contributed by atoms with Crippen LogP contribution in [0.3, 0.4) is 0 Å². The summed E-state index contributed by atoms with van der Waals surface area (Å²) in [5, 5.41) is 0.732. The molecule has 0 N–H and O–H groups in total. The summed E-state index contributed by atoms with van der Waals surface area (Å²) in [6.07, 6.45) is 1.77. The molecule has 0 radical (unpaired) electrons. The van der Waals surface area contributed by atoms with Gasteiger partial charge in [-0.05, 0) is 18.1 Å². The maximum Gasteiger partial charge on any atom is 0.330 e. The Morgan fingerprint density at radius 3 is 2.54 bits per heavy atom. The van der Waals surface area contributed by atoms with Crippen molar-refractivity contribution in [2.45, 2.75) is 11.7 Å². The molecular weight excluding hydrogens is 350 g/mol. The molecule has 1 aliphatic rings. The Balaban J connectivity index is 2.54. The van der Waals surface area contributed by atoms with Gasteiger partial charge in [0.05, 0.1) is 25.8 Å². The van der Waals surface area contributed by atoms with Gasteiger partial charge in [-0.25, -0.2) is 0 Å². The van der Waals surface area contributed by atoms with Crippen molar-refractivity contribution in [3.63, 3.8) is 0 Å². The largest absolute Gasteiger partial charge is 0.468 e. The van der Waals surface area contributed by atoms with Crippen LogP contribution in [0.2, 0.25) is 5.02 Å². The summed E-state index contributed by atoms with van der Waals surface area (Å²) in [4.78, 5) is 29.3. The molecule has 1 aromatic carbocycles. The van der Waals surface area contributed by atoms with Crippen LogP contribution in [0.4, 0.5) is 0 Å². The van der Waals surface area contributed by atoms with E-state index in [-0.39, 0.29) is 18.2 Å². The fraction of sp³-hybridized carbons (Fsp3) is 0.353. The quantitative estimate of drug-likeness (QED) is 0.453. The smallest absolute Gasteiger partial charge is 0.330 e. The summed E-state index contributed by atoms with van der Waals surface area (Å²) in [6.45, 7) is 3.91. The summed E-state index contributed by atoms with van der Waals surface area (Å²) < 4.78 is 9.78. The van der Waals surface area contributed by atoms with Crippen LogP contribution in [0, 0.1) is 5.41 Å². The second kappa shape index (κ2) is 7.85. The van der Waals surface area contributed by atoms with Crippen molar-refractivity contribution in [2.75, 3.05) is 20.8 Å². The van der Waals surface area contributed by atoms with Crippen LogP contribution in [-0.4, -0.2) is 37.7 Å². The molecule has 1 atom stereocenters. The molecule has 0 bridgehead atoms. The molecule has 0 aliphatic carbocycles. The lowest BCUT2D eigenvalue weighted by molar-refractivity contribution is -0.163. The molecule has 1 heterocycles. The molecule has 0 spiro atoms. The third-order valence-electron chi connectivity index (χ3n) is 3.79. The van der Waals surface area contributed by atoms with Crippen LogP contribution in [0.15, 0.2) is 41.9 Å². The molecule has 1 unspecified atom stereocenters. The first kappa shape index (κ1) is 18.5. The second-order valence-corrected chi connectivity index (χ2v) is 6.75. The number of rotatable bonds is 5. The van der Waals surface area contributed by atoms with Gasteiger partial charge in [0.25, 0.3) is 0 Å². The first-order valence-electron chi connectivity index (χ1n) is 7.25. The maximum atomic E-state index is 12.5. The SMILES string of the molecule is C=CCN=C1SC(c2ccccc2Cl)CC1(C(=O)OC)C(=O)OC. The number of esters is 2. The number of ether oxygens (including phenoxy) is 2. The van der Waals surface area contributed by atoms with E-state index in [2.05, 4.69) is 11.6 Å². The van der Waals surface area contributed by atoms with Gasteiger partial charge in [-0.15, -0.1) is 18.3 Å². The minimum Gasteiger partial charge on any atom is -0.468 e. The third kappa shape index (κ3) is 3.21. The fourth-order valence-electron chi connectivity index (χ4n) is 2.64. The Bertz CT molecular complexity index is 673. The Labute approximate surface area is 150 Å². The summed E-state index contributed by atoms with van der Waals surface area (Å²) in [5.74, 6) is -1.36. The zero-order valence-corrected chi connectivity index (χ0v) is 15.0. The van der Waals surface area contributed by atoms with Crippen molar-refractivity contribution >= 4 is 40.3 Å². The van der Waals surface area contributed by atoms with Crippen LogP contribution in [0.5, 0.6) is 0 Å². The van der Waals surface area contributed by atoms with E-state index in [4.69, 9.17) is 21.1 Å². The second-order valence-electron chi connectivity index (χ2n) is 5.16. The van der Waals surface area contributed by atoms with Gasteiger partial charge in [-0.3, -0.25) is 14.6 Å². The van der Waals surface area contributed by atoms with Crippen LogP contribution >= 0.6 is 23.4 Å². The molecule has 1 aromatic rings. The normalized spacial score (nSPS) is 20.6. The number of carbonyl (C=O) groups excluding carboxylic acids is 2.